The van der Waals surface area contributed by atoms with Gasteiger partial charge in [-0.2, -0.15) is 0 Å². The van der Waals surface area contributed by atoms with E-state index in [0.717, 1.165) is 66.4 Å². The van der Waals surface area contributed by atoms with E-state index in [1.54, 1.807) is 6.20 Å². The molecule has 0 unspecified atom stereocenters. The maximum Gasteiger partial charge on any atom is 0.178 e. The van der Waals surface area contributed by atoms with Crippen LogP contribution in [0.2, 0.25) is 0 Å². The van der Waals surface area contributed by atoms with Crippen molar-refractivity contribution in [2.24, 2.45) is 0 Å². The smallest absolute Gasteiger partial charge is 0.178 e. The average molecular weight is 446 g/mol. The summed E-state index contributed by atoms with van der Waals surface area (Å²) < 4.78 is 6.83. The van der Waals surface area contributed by atoms with Crippen LogP contribution < -0.4 is 4.74 Å². The summed E-state index contributed by atoms with van der Waals surface area (Å²) in [5, 5.41) is 9.01. The molecule has 7 nitrogen and oxygen atoms in total. The minimum absolute atomic E-state index is 0.237. The summed E-state index contributed by atoms with van der Waals surface area (Å²) >= 11 is 3.43. The molecule has 1 aliphatic heterocycles. The third-order valence-electron chi connectivity index (χ3n) is 4.99. The van der Waals surface area contributed by atoms with Crippen LogP contribution in [-0.4, -0.2) is 82.3 Å². The van der Waals surface area contributed by atoms with Crippen LogP contribution in [0.5, 0.6) is 5.75 Å². The molecule has 2 aromatic heterocycles. The number of halogens is 1. The molecule has 0 atom stereocenters. The number of β-amino-alcohol motifs (C(OH)–C–C–N with tert-alkyl or cyclic N) is 1. The van der Waals surface area contributed by atoms with Gasteiger partial charge in [0.1, 0.15) is 18.2 Å². The lowest BCUT2D eigenvalue weighted by Gasteiger charge is -2.34. The van der Waals surface area contributed by atoms with E-state index in [-0.39, 0.29) is 6.61 Å². The molecule has 0 aliphatic carbocycles. The Morgan fingerprint density at radius 2 is 1.79 bits per heavy atom. The van der Waals surface area contributed by atoms with Gasteiger partial charge in [-0.25, -0.2) is 9.97 Å². The largest absolute Gasteiger partial charge is 0.492 e. The number of hydrogen-bond acceptors (Lipinski definition) is 6. The van der Waals surface area contributed by atoms with E-state index in [1.165, 1.54) is 0 Å². The second kappa shape index (κ2) is 9.00. The highest BCUT2D eigenvalue weighted by Crippen LogP contribution is 2.23. The van der Waals surface area contributed by atoms with Gasteiger partial charge in [0, 0.05) is 55.5 Å². The van der Waals surface area contributed by atoms with E-state index in [1.807, 2.05) is 30.3 Å². The molecule has 4 rings (SSSR count). The van der Waals surface area contributed by atoms with E-state index in [9.17, 15) is 0 Å². The van der Waals surface area contributed by atoms with Crippen LogP contribution in [0.1, 0.15) is 0 Å². The van der Waals surface area contributed by atoms with Crippen molar-refractivity contribution < 1.29 is 9.84 Å². The van der Waals surface area contributed by atoms with Crippen molar-refractivity contribution >= 4 is 27.1 Å². The van der Waals surface area contributed by atoms with E-state index in [0.29, 0.717) is 12.3 Å². The SMILES string of the molecule is OCCN1CCN(CCOc2ccc(-c3nc4ncc(Br)cc4[nH]3)cc2)CC1. The minimum Gasteiger partial charge on any atom is -0.492 e. The lowest BCUT2D eigenvalue weighted by molar-refractivity contribution is 0.102. The second-order valence-electron chi connectivity index (χ2n) is 6.89. The van der Waals surface area contributed by atoms with Crippen LogP contribution >= 0.6 is 15.9 Å². The number of pyridine rings is 1. The van der Waals surface area contributed by atoms with Crippen LogP contribution in [-0.2, 0) is 0 Å². The first-order chi connectivity index (χ1) is 13.7. The highest BCUT2D eigenvalue weighted by Gasteiger charge is 2.15. The fourth-order valence-corrected chi connectivity index (χ4v) is 3.72. The fraction of sp³-hybridized carbons (Fsp3) is 0.400. The number of aliphatic hydroxyl groups is 1. The molecule has 1 aliphatic rings. The number of nitrogens with one attached hydrogen (secondary N) is 1. The summed E-state index contributed by atoms with van der Waals surface area (Å²) in [6.45, 7) is 6.67. The average Bonchev–Trinajstić information content (AvgIpc) is 3.13. The summed E-state index contributed by atoms with van der Waals surface area (Å²) in [4.78, 5) is 16.9. The third kappa shape index (κ3) is 4.70. The van der Waals surface area contributed by atoms with Crippen molar-refractivity contribution in [1.29, 1.82) is 0 Å². The molecular formula is C20H24BrN5O2. The summed E-state index contributed by atoms with van der Waals surface area (Å²) in [6, 6.07) is 9.95. The van der Waals surface area contributed by atoms with Crippen LogP contribution in [0, 0.1) is 0 Å². The Balaban J connectivity index is 1.29. The van der Waals surface area contributed by atoms with Crippen LogP contribution in [0.3, 0.4) is 0 Å². The van der Waals surface area contributed by atoms with Crippen molar-refractivity contribution in [3.8, 4) is 17.1 Å². The van der Waals surface area contributed by atoms with Crippen molar-refractivity contribution in [1.82, 2.24) is 24.8 Å². The first-order valence-corrected chi connectivity index (χ1v) is 10.3. The van der Waals surface area contributed by atoms with Gasteiger partial charge in [0.2, 0.25) is 0 Å². The van der Waals surface area contributed by atoms with Crippen LogP contribution in [0.15, 0.2) is 41.0 Å². The highest BCUT2D eigenvalue weighted by atomic mass is 79.9. The molecule has 148 valence electrons. The zero-order valence-corrected chi connectivity index (χ0v) is 17.2. The number of aromatic nitrogens is 3. The van der Waals surface area contributed by atoms with Crippen LogP contribution in [0.25, 0.3) is 22.6 Å². The Morgan fingerprint density at radius 1 is 1.07 bits per heavy atom. The number of fused-ring (bicyclic) bond motifs is 1. The maximum atomic E-state index is 9.01. The zero-order valence-electron chi connectivity index (χ0n) is 15.6. The molecule has 0 radical (unpaired) electrons. The highest BCUT2D eigenvalue weighted by molar-refractivity contribution is 9.10. The molecule has 3 heterocycles. The number of nitrogens with zero attached hydrogens (tertiary/aromatic N) is 4. The predicted molar refractivity (Wildman–Crippen MR) is 112 cm³/mol. The first-order valence-electron chi connectivity index (χ1n) is 9.51. The van der Waals surface area contributed by atoms with E-state index >= 15 is 0 Å². The van der Waals surface area contributed by atoms with Gasteiger partial charge in [-0.05, 0) is 46.3 Å². The van der Waals surface area contributed by atoms with Crippen LogP contribution in [0.4, 0.5) is 0 Å². The molecule has 0 bridgehead atoms. The minimum atomic E-state index is 0.237. The Hall–Kier alpha value is -2.00. The van der Waals surface area contributed by atoms with Gasteiger partial charge in [0.15, 0.2) is 5.65 Å². The third-order valence-corrected chi connectivity index (χ3v) is 5.42. The second-order valence-corrected chi connectivity index (χ2v) is 7.81. The molecule has 0 amide bonds. The van der Waals surface area contributed by atoms with Crippen molar-refractivity contribution in [2.45, 2.75) is 0 Å². The van der Waals surface area contributed by atoms with Crippen molar-refractivity contribution in [3.63, 3.8) is 0 Å². The lowest BCUT2D eigenvalue weighted by atomic mass is 10.2. The fourth-order valence-electron chi connectivity index (χ4n) is 3.39. The predicted octanol–water partition coefficient (Wildman–Crippen LogP) is 2.38. The number of benzene rings is 1. The summed E-state index contributed by atoms with van der Waals surface area (Å²) in [7, 11) is 0. The van der Waals surface area contributed by atoms with Gasteiger partial charge in [-0.3, -0.25) is 9.80 Å². The van der Waals surface area contributed by atoms with Gasteiger partial charge >= 0.3 is 0 Å². The standard InChI is InChI=1S/C20H24BrN5O2/c21-16-13-18-20(22-14-16)24-19(23-18)15-1-3-17(4-2-15)28-12-10-26-7-5-25(6-8-26)9-11-27/h1-4,13-14,27H,5-12H2,(H,22,23,24). The molecule has 0 spiro atoms. The first kappa shape index (κ1) is 19.3. The van der Waals surface area contributed by atoms with Gasteiger partial charge in [-0.1, -0.05) is 0 Å². The normalized spacial score (nSPS) is 15.9. The molecule has 1 saturated heterocycles. The molecular weight excluding hydrogens is 422 g/mol. The van der Waals surface area contributed by atoms with E-state index in [2.05, 4.69) is 40.7 Å². The number of rotatable bonds is 7. The van der Waals surface area contributed by atoms with Gasteiger partial charge in [0.25, 0.3) is 0 Å². The zero-order chi connectivity index (χ0) is 19.3. The quantitative estimate of drug-likeness (QED) is 0.581. The van der Waals surface area contributed by atoms with Gasteiger partial charge in [-0.15, -0.1) is 0 Å². The monoisotopic (exact) mass is 445 g/mol. The molecule has 0 saturated carbocycles. The number of imidazole rings is 1. The Kier molecular flexibility index (Phi) is 6.21. The number of aliphatic hydroxyl groups excluding tert-OH is 1. The van der Waals surface area contributed by atoms with Gasteiger partial charge < -0.3 is 14.8 Å². The molecule has 3 aromatic rings. The Labute approximate surface area is 172 Å². The van der Waals surface area contributed by atoms with Crippen molar-refractivity contribution in [2.75, 3.05) is 52.5 Å². The van der Waals surface area contributed by atoms with E-state index < -0.39 is 0 Å². The lowest BCUT2D eigenvalue weighted by Crippen LogP contribution is -2.48. The van der Waals surface area contributed by atoms with E-state index in [4.69, 9.17) is 9.84 Å². The Morgan fingerprint density at radius 3 is 2.50 bits per heavy atom. The summed E-state index contributed by atoms with van der Waals surface area (Å²) in [5.41, 5.74) is 2.61. The topological polar surface area (TPSA) is 77.5 Å². The number of H-pyrrole nitrogens is 1. The number of piperazine rings is 1. The molecule has 28 heavy (non-hydrogen) atoms. The molecule has 2 N–H and O–H groups in total. The molecule has 8 heteroatoms. The number of aromatic amines is 1. The number of ether oxygens (including phenoxy) is 1. The Bertz CT molecular complexity index is 907. The maximum absolute atomic E-state index is 9.01. The van der Waals surface area contributed by atoms with Crippen molar-refractivity contribution in [3.05, 3.63) is 41.0 Å². The summed E-state index contributed by atoms with van der Waals surface area (Å²) in [6.07, 6.45) is 1.75. The van der Waals surface area contributed by atoms with Gasteiger partial charge in [0.05, 0.1) is 12.1 Å². The molecule has 1 fully saturated rings. The number of hydrogen-bond donors (Lipinski definition) is 2. The summed E-state index contributed by atoms with van der Waals surface area (Å²) in [5.74, 6) is 1.66. The molecule has 1 aromatic carbocycles.